The standard InChI is InChI=1S/C9H8BrClN4O3/c10-7-4-6(11)5-8(15(16)17)9(7)18-3-1-2-13-14-12/h4-5H,1-3H2. The van der Waals surface area contributed by atoms with E-state index in [9.17, 15) is 10.1 Å². The maximum absolute atomic E-state index is 10.8. The first-order valence-electron chi connectivity index (χ1n) is 4.83. The van der Waals surface area contributed by atoms with Crippen molar-refractivity contribution in [3.05, 3.63) is 42.2 Å². The van der Waals surface area contributed by atoms with Crippen molar-refractivity contribution >= 4 is 33.2 Å². The van der Waals surface area contributed by atoms with Crippen molar-refractivity contribution in [3.8, 4) is 5.75 Å². The van der Waals surface area contributed by atoms with Crippen molar-refractivity contribution in [1.82, 2.24) is 0 Å². The molecule has 0 saturated heterocycles. The Balaban J connectivity index is 2.80. The van der Waals surface area contributed by atoms with Crippen LogP contribution in [0.3, 0.4) is 0 Å². The molecule has 96 valence electrons. The molecule has 9 heteroatoms. The second kappa shape index (κ2) is 7.05. The average molecular weight is 336 g/mol. The van der Waals surface area contributed by atoms with Crippen LogP contribution in [0.5, 0.6) is 5.75 Å². The summed E-state index contributed by atoms with van der Waals surface area (Å²) in [5.74, 6) is 0.116. The molecule has 0 aromatic heterocycles. The summed E-state index contributed by atoms with van der Waals surface area (Å²) in [6, 6.07) is 2.73. The first-order valence-corrected chi connectivity index (χ1v) is 6.00. The summed E-state index contributed by atoms with van der Waals surface area (Å²) in [5, 5.41) is 14.4. The third-order valence-corrected chi connectivity index (χ3v) is 2.70. The molecule has 0 aliphatic carbocycles. The predicted octanol–water partition coefficient (Wildman–Crippen LogP) is 4.09. The monoisotopic (exact) mass is 334 g/mol. The third-order valence-electron chi connectivity index (χ3n) is 1.90. The van der Waals surface area contributed by atoms with Crippen molar-refractivity contribution in [3.63, 3.8) is 0 Å². The Bertz CT molecular complexity index is 505. The van der Waals surface area contributed by atoms with Gasteiger partial charge >= 0.3 is 5.69 Å². The molecule has 1 rings (SSSR count). The number of halogens is 2. The summed E-state index contributed by atoms with van der Waals surface area (Å²) in [6.07, 6.45) is 0.469. The number of azide groups is 1. The predicted molar refractivity (Wildman–Crippen MR) is 69.9 cm³/mol. The fourth-order valence-electron chi connectivity index (χ4n) is 1.18. The molecule has 0 bridgehead atoms. The largest absolute Gasteiger partial charge is 0.486 e. The van der Waals surface area contributed by atoms with E-state index in [1.54, 1.807) is 0 Å². The summed E-state index contributed by atoms with van der Waals surface area (Å²) in [7, 11) is 0. The fraction of sp³-hybridized carbons (Fsp3) is 0.333. The maximum atomic E-state index is 10.8. The molecule has 1 aromatic rings. The van der Waals surface area contributed by atoms with Gasteiger partial charge in [-0.05, 0) is 33.9 Å². The van der Waals surface area contributed by atoms with Crippen molar-refractivity contribution in [2.75, 3.05) is 13.2 Å². The van der Waals surface area contributed by atoms with Gasteiger partial charge in [-0.2, -0.15) is 0 Å². The van der Waals surface area contributed by atoms with Crippen LogP contribution in [0.4, 0.5) is 5.69 Å². The van der Waals surface area contributed by atoms with Gasteiger partial charge in [-0.3, -0.25) is 10.1 Å². The fourth-order valence-corrected chi connectivity index (χ4v) is 2.09. The van der Waals surface area contributed by atoms with Gasteiger partial charge < -0.3 is 4.74 Å². The van der Waals surface area contributed by atoms with E-state index in [-0.39, 0.29) is 29.6 Å². The Labute approximate surface area is 116 Å². The molecular weight excluding hydrogens is 327 g/mol. The van der Waals surface area contributed by atoms with Gasteiger partial charge in [0.1, 0.15) is 0 Å². The Morgan fingerprint density at radius 3 is 2.94 bits per heavy atom. The average Bonchev–Trinajstić information content (AvgIpc) is 2.30. The minimum Gasteiger partial charge on any atom is -0.486 e. The lowest BCUT2D eigenvalue weighted by Gasteiger charge is -2.08. The Morgan fingerprint density at radius 2 is 2.33 bits per heavy atom. The Morgan fingerprint density at radius 1 is 1.61 bits per heavy atom. The van der Waals surface area contributed by atoms with Gasteiger partial charge in [-0.15, -0.1) is 0 Å². The van der Waals surface area contributed by atoms with Gasteiger partial charge in [-0.1, -0.05) is 16.7 Å². The third kappa shape index (κ3) is 4.06. The second-order valence-corrected chi connectivity index (χ2v) is 4.44. The zero-order valence-electron chi connectivity index (χ0n) is 9.05. The van der Waals surface area contributed by atoms with E-state index in [0.29, 0.717) is 10.9 Å². The number of ether oxygens (including phenoxy) is 1. The topological polar surface area (TPSA) is 101 Å². The normalized spacial score (nSPS) is 9.67. The molecule has 1 aromatic carbocycles. The molecule has 0 aliphatic rings. The summed E-state index contributed by atoms with van der Waals surface area (Å²) in [4.78, 5) is 12.9. The van der Waals surface area contributed by atoms with Gasteiger partial charge in [-0.25, -0.2) is 0 Å². The van der Waals surface area contributed by atoms with E-state index in [2.05, 4.69) is 26.0 Å². The van der Waals surface area contributed by atoms with Crippen LogP contribution in [-0.2, 0) is 0 Å². The van der Waals surface area contributed by atoms with Crippen LogP contribution in [0, 0.1) is 10.1 Å². The van der Waals surface area contributed by atoms with Crippen LogP contribution >= 0.6 is 27.5 Å². The molecule has 0 unspecified atom stereocenters. The molecule has 0 amide bonds. The van der Waals surface area contributed by atoms with E-state index in [1.807, 2.05) is 0 Å². The highest BCUT2D eigenvalue weighted by atomic mass is 79.9. The van der Waals surface area contributed by atoms with E-state index in [0.717, 1.165) is 0 Å². The summed E-state index contributed by atoms with van der Waals surface area (Å²) < 4.78 is 5.71. The number of nitro groups is 1. The summed E-state index contributed by atoms with van der Waals surface area (Å²) in [5.41, 5.74) is 7.87. The van der Waals surface area contributed by atoms with Crippen molar-refractivity contribution < 1.29 is 9.66 Å². The molecule has 0 saturated carbocycles. The molecule has 0 aliphatic heterocycles. The first-order chi connectivity index (χ1) is 8.56. The summed E-state index contributed by atoms with van der Waals surface area (Å²) in [6.45, 7) is 0.482. The van der Waals surface area contributed by atoms with Crippen molar-refractivity contribution in [2.45, 2.75) is 6.42 Å². The molecule has 0 N–H and O–H groups in total. The Hall–Kier alpha value is -1.50. The van der Waals surface area contributed by atoms with Gasteiger partial charge in [0, 0.05) is 22.5 Å². The zero-order chi connectivity index (χ0) is 13.5. The lowest BCUT2D eigenvalue weighted by atomic mass is 10.3. The van der Waals surface area contributed by atoms with Crippen LogP contribution < -0.4 is 4.74 Å². The van der Waals surface area contributed by atoms with E-state index in [4.69, 9.17) is 21.9 Å². The van der Waals surface area contributed by atoms with E-state index >= 15 is 0 Å². The molecule has 0 heterocycles. The van der Waals surface area contributed by atoms with Crippen LogP contribution in [0.1, 0.15) is 6.42 Å². The highest BCUT2D eigenvalue weighted by Crippen LogP contribution is 2.37. The lowest BCUT2D eigenvalue weighted by Crippen LogP contribution is -2.02. The first kappa shape index (κ1) is 14.6. The van der Waals surface area contributed by atoms with Crippen molar-refractivity contribution in [2.24, 2.45) is 5.11 Å². The molecule has 0 spiro atoms. The lowest BCUT2D eigenvalue weighted by molar-refractivity contribution is -0.385. The number of hydrogen-bond acceptors (Lipinski definition) is 4. The Kier molecular flexibility index (Phi) is 5.70. The minimum absolute atomic E-state index is 0.116. The number of nitrogens with zero attached hydrogens (tertiary/aromatic N) is 4. The maximum Gasteiger partial charge on any atom is 0.313 e. The van der Waals surface area contributed by atoms with Gasteiger partial charge in [0.25, 0.3) is 0 Å². The second-order valence-electron chi connectivity index (χ2n) is 3.15. The minimum atomic E-state index is -0.570. The molecule has 0 atom stereocenters. The van der Waals surface area contributed by atoms with Crippen molar-refractivity contribution in [1.29, 1.82) is 0 Å². The molecule has 18 heavy (non-hydrogen) atoms. The number of benzene rings is 1. The quantitative estimate of drug-likeness (QED) is 0.195. The smallest absolute Gasteiger partial charge is 0.313 e. The van der Waals surface area contributed by atoms with Gasteiger partial charge in [0.15, 0.2) is 0 Å². The zero-order valence-corrected chi connectivity index (χ0v) is 11.4. The van der Waals surface area contributed by atoms with E-state index in [1.165, 1.54) is 12.1 Å². The number of rotatable bonds is 6. The van der Waals surface area contributed by atoms with Crippen LogP contribution in [0.15, 0.2) is 21.7 Å². The highest BCUT2D eigenvalue weighted by molar-refractivity contribution is 9.10. The van der Waals surface area contributed by atoms with Crippen LogP contribution in [-0.4, -0.2) is 18.1 Å². The number of hydrogen-bond donors (Lipinski definition) is 0. The number of nitro benzene ring substituents is 1. The SMILES string of the molecule is [N-]=[N+]=NCCCOc1c(Br)cc(Cl)cc1[N+](=O)[O-]. The van der Waals surface area contributed by atoms with Crippen LogP contribution in [0.25, 0.3) is 10.4 Å². The van der Waals surface area contributed by atoms with Gasteiger partial charge in [0.05, 0.1) is 16.0 Å². The molecule has 0 fully saturated rings. The molecular formula is C9H8BrClN4O3. The van der Waals surface area contributed by atoms with Crippen LogP contribution in [0.2, 0.25) is 5.02 Å². The molecule has 0 radical (unpaired) electrons. The van der Waals surface area contributed by atoms with Gasteiger partial charge in [0.2, 0.25) is 5.75 Å². The van der Waals surface area contributed by atoms with E-state index < -0.39 is 4.92 Å². The highest BCUT2D eigenvalue weighted by Gasteiger charge is 2.19. The summed E-state index contributed by atoms with van der Waals surface area (Å²) >= 11 is 8.88. The molecule has 7 nitrogen and oxygen atoms in total.